The lowest BCUT2D eigenvalue weighted by Crippen LogP contribution is -2.19. The summed E-state index contributed by atoms with van der Waals surface area (Å²) in [6.07, 6.45) is 0. The number of hydrogen-bond donors (Lipinski definition) is 2. The maximum atomic E-state index is 12.5. The van der Waals surface area contributed by atoms with Crippen LogP contribution in [-0.2, 0) is 11.3 Å². The Bertz CT molecular complexity index is 359. The molecule has 0 aliphatic carbocycles. The van der Waals surface area contributed by atoms with E-state index < -0.39 is 5.97 Å². The van der Waals surface area contributed by atoms with Gasteiger partial charge in [-0.25, -0.2) is 9.18 Å². The van der Waals surface area contributed by atoms with E-state index in [0.29, 0.717) is 6.54 Å². The van der Waals surface area contributed by atoms with Crippen molar-refractivity contribution < 1.29 is 14.3 Å². The molecule has 0 heterocycles. The number of benzene rings is 1. The van der Waals surface area contributed by atoms with Gasteiger partial charge >= 0.3 is 5.97 Å². The number of carboxylic acids is 1. The summed E-state index contributed by atoms with van der Waals surface area (Å²) in [5.74, 6) is -1.30. The monoisotopic (exact) mass is 209 g/mol. The second kappa shape index (κ2) is 5.26. The van der Waals surface area contributed by atoms with Gasteiger partial charge in [-0.15, -0.1) is 0 Å². The zero-order valence-electron chi connectivity index (χ0n) is 8.16. The van der Waals surface area contributed by atoms with Gasteiger partial charge in [0.1, 0.15) is 5.82 Å². The third-order valence-electron chi connectivity index (χ3n) is 1.88. The van der Waals surface area contributed by atoms with E-state index in [0.717, 1.165) is 5.56 Å². The predicted octanol–water partition coefficient (Wildman–Crippen LogP) is 1.56. The summed E-state index contributed by atoms with van der Waals surface area (Å²) in [7, 11) is 0. The van der Waals surface area contributed by atoms with Crippen LogP contribution < -0.4 is 5.32 Å². The zero-order chi connectivity index (χ0) is 11.3. The Labute approximate surface area is 87.2 Å². The predicted molar refractivity (Wildman–Crippen MR) is 54.9 cm³/mol. The Morgan fingerprint density at radius 3 is 2.53 bits per heavy atom. The molecular weight excluding hydrogens is 197 g/mol. The number of carboxylic acid groups (broad SMARTS) is 1. The van der Waals surface area contributed by atoms with E-state index in [1.165, 1.54) is 12.1 Å². The smallest absolute Gasteiger partial charge is 0.332 e. The molecule has 0 atom stereocenters. The molecule has 0 bridgehead atoms. The third-order valence-corrected chi connectivity index (χ3v) is 1.88. The summed E-state index contributed by atoms with van der Waals surface area (Å²) in [5, 5.41) is 11.4. The maximum Gasteiger partial charge on any atom is 0.332 e. The maximum absolute atomic E-state index is 12.5. The number of nitrogens with one attached hydrogen (secondary N) is 1. The van der Waals surface area contributed by atoms with Crippen LogP contribution in [0.2, 0.25) is 0 Å². The normalized spacial score (nSPS) is 9.93. The van der Waals surface area contributed by atoms with Crippen molar-refractivity contribution in [2.75, 3.05) is 6.54 Å². The highest BCUT2D eigenvalue weighted by Crippen LogP contribution is 2.02. The Kier molecular flexibility index (Phi) is 4.00. The Hall–Kier alpha value is -1.68. The van der Waals surface area contributed by atoms with Crippen LogP contribution in [0.25, 0.3) is 0 Å². The van der Waals surface area contributed by atoms with Crippen molar-refractivity contribution in [2.45, 2.75) is 6.54 Å². The van der Waals surface area contributed by atoms with Gasteiger partial charge in [0.2, 0.25) is 0 Å². The molecule has 1 aromatic carbocycles. The molecule has 0 fully saturated rings. The molecule has 0 saturated heterocycles. The van der Waals surface area contributed by atoms with Crippen molar-refractivity contribution in [3.05, 3.63) is 47.8 Å². The second-order valence-electron chi connectivity index (χ2n) is 3.14. The van der Waals surface area contributed by atoms with Crippen molar-refractivity contribution in [2.24, 2.45) is 0 Å². The molecule has 3 nitrogen and oxygen atoms in total. The first-order valence-corrected chi connectivity index (χ1v) is 4.46. The van der Waals surface area contributed by atoms with Crippen LogP contribution in [0.4, 0.5) is 4.39 Å². The minimum atomic E-state index is -1.01. The number of aliphatic carboxylic acids is 1. The molecule has 0 unspecified atom stereocenters. The van der Waals surface area contributed by atoms with Crippen LogP contribution in [0, 0.1) is 5.82 Å². The fourth-order valence-electron chi connectivity index (χ4n) is 1.04. The SMILES string of the molecule is C=C(CNCc1ccc(F)cc1)C(=O)O. The van der Waals surface area contributed by atoms with Crippen molar-refractivity contribution in [3.8, 4) is 0 Å². The molecule has 0 saturated carbocycles. The Morgan fingerprint density at radius 2 is 2.00 bits per heavy atom. The van der Waals surface area contributed by atoms with Gasteiger partial charge in [-0.2, -0.15) is 0 Å². The van der Waals surface area contributed by atoms with E-state index in [4.69, 9.17) is 5.11 Å². The summed E-state index contributed by atoms with van der Waals surface area (Å²) in [4.78, 5) is 10.4. The first kappa shape index (κ1) is 11.4. The molecule has 1 rings (SSSR count). The fraction of sp³-hybridized carbons (Fsp3) is 0.182. The first-order chi connectivity index (χ1) is 7.09. The minimum Gasteiger partial charge on any atom is -0.478 e. The van der Waals surface area contributed by atoms with E-state index in [1.807, 2.05) is 0 Å². The van der Waals surface area contributed by atoms with Crippen molar-refractivity contribution in [1.82, 2.24) is 5.32 Å². The van der Waals surface area contributed by atoms with Gasteiger partial charge in [0.25, 0.3) is 0 Å². The average molecular weight is 209 g/mol. The molecule has 2 N–H and O–H groups in total. The molecule has 15 heavy (non-hydrogen) atoms. The van der Waals surface area contributed by atoms with Gasteiger partial charge in [0, 0.05) is 18.7 Å². The molecule has 0 radical (unpaired) electrons. The van der Waals surface area contributed by atoms with Gasteiger partial charge < -0.3 is 10.4 Å². The lowest BCUT2D eigenvalue weighted by Gasteiger charge is -2.04. The molecule has 0 amide bonds. The van der Waals surface area contributed by atoms with Gasteiger partial charge in [-0.3, -0.25) is 0 Å². The van der Waals surface area contributed by atoms with Crippen LogP contribution in [0.1, 0.15) is 5.56 Å². The number of rotatable bonds is 5. The molecule has 0 spiro atoms. The highest BCUT2D eigenvalue weighted by atomic mass is 19.1. The van der Waals surface area contributed by atoms with Crippen molar-refractivity contribution in [1.29, 1.82) is 0 Å². The van der Waals surface area contributed by atoms with Gasteiger partial charge in [0.15, 0.2) is 0 Å². The van der Waals surface area contributed by atoms with Crippen LogP contribution in [0.15, 0.2) is 36.4 Å². The lowest BCUT2D eigenvalue weighted by molar-refractivity contribution is -0.132. The van der Waals surface area contributed by atoms with Crippen molar-refractivity contribution in [3.63, 3.8) is 0 Å². The molecule has 4 heteroatoms. The molecule has 0 aliphatic heterocycles. The summed E-state index contributed by atoms with van der Waals surface area (Å²) in [6.45, 7) is 4.09. The summed E-state index contributed by atoms with van der Waals surface area (Å²) in [6, 6.07) is 6.02. The number of halogens is 1. The topological polar surface area (TPSA) is 49.3 Å². The Balaban J connectivity index is 2.35. The summed E-state index contributed by atoms with van der Waals surface area (Å²) >= 11 is 0. The Morgan fingerprint density at radius 1 is 1.40 bits per heavy atom. The van der Waals surface area contributed by atoms with Gasteiger partial charge in [-0.1, -0.05) is 18.7 Å². The highest BCUT2D eigenvalue weighted by molar-refractivity contribution is 5.86. The average Bonchev–Trinajstić information content (AvgIpc) is 2.20. The minimum absolute atomic E-state index is 0.108. The van der Waals surface area contributed by atoms with Gasteiger partial charge in [0.05, 0.1) is 0 Å². The van der Waals surface area contributed by atoms with E-state index in [1.54, 1.807) is 12.1 Å². The van der Waals surface area contributed by atoms with E-state index in [-0.39, 0.29) is 17.9 Å². The molecule has 1 aromatic rings. The standard InChI is InChI=1S/C11H12FNO2/c1-8(11(14)15)6-13-7-9-2-4-10(12)5-3-9/h2-5,13H,1,6-7H2,(H,14,15). The quantitative estimate of drug-likeness (QED) is 0.723. The van der Waals surface area contributed by atoms with Crippen LogP contribution >= 0.6 is 0 Å². The van der Waals surface area contributed by atoms with Crippen LogP contribution in [0.5, 0.6) is 0 Å². The number of hydrogen-bond acceptors (Lipinski definition) is 2. The fourth-order valence-corrected chi connectivity index (χ4v) is 1.04. The third kappa shape index (κ3) is 3.91. The van der Waals surface area contributed by atoms with Crippen LogP contribution in [0.3, 0.4) is 0 Å². The van der Waals surface area contributed by atoms with E-state index in [2.05, 4.69) is 11.9 Å². The molecule has 0 aliphatic rings. The first-order valence-electron chi connectivity index (χ1n) is 4.46. The second-order valence-corrected chi connectivity index (χ2v) is 3.14. The van der Waals surface area contributed by atoms with Crippen LogP contribution in [-0.4, -0.2) is 17.6 Å². The summed E-state index contributed by atoms with van der Waals surface area (Å²) < 4.78 is 12.5. The summed E-state index contributed by atoms with van der Waals surface area (Å²) in [5.41, 5.74) is 1.01. The lowest BCUT2D eigenvalue weighted by atomic mass is 10.2. The van der Waals surface area contributed by atoms with Crippen molar-refractivity contribution >= 4 is 5.97 Å². The largest absolute Gasteiger partial charge is 0.478 e. The van der Waals surface area contributed by atoms with E-state index >= 15 is 0 Å². The highest BCUT2D eigenvalue weighted by Gasteiger charge is 2.02. The zero-order valence-corrected chi connectivity index (χ0v) is 8.16. The molecule has 0 aromatic heterocycles. The van der Waals surface area contributed by atoms with E-state index in [9.17, 15) is 9.18 Å². The van der Waals surface area contributed by atoms with Gasteiger partial charge in [-0.05, 0) is 17.7 Å². The molecule has 80 valence electrons. The number of carbonyl (C=O) groups is 1. The molecular formula is C11H12FNO2.